The van der Waals surface area contributed by atoms with Crippen LogP contribution in [0.1, 0.15) is 75.5 Å². The minimum absolute atomic E-state index is 0.348. The Morgan fingerprint density at radius 3 is 2.68 bits per heavy atom. The van der Waals surface area contributed by atoms with Crippen molar-refractivity contribution in [2.75, 3.05) is 13.6 Å². The van der Waals surface area contributed by atoms with Crippen molar-refractivity contribution in [3.63, 3.8) is 0 Å². The van der Waals surface area contributed by atoms with E-state index in [1.54, 1.807) is 11.1 Å². The zero-order valence-corrected chi connectivity index (χ0v) is 13.2. The van der Waals surface area contributed by atoms with Crippen molar-refractivity contribution in [3.8, 4) is 0 Å². The molecule has 1 aliphatic rings. The largest absolute Gasteiger partial charge is 0.320 e. The maximum atomic E-state index is 3.30. The topological polar surface area (TPSA) is 12.0 Å². The van der Waals surface area contributed by atoms with Gasteiger partial charge in [-0.15, -0.1) is 0 Å². The lowest BCUT2D eigenvalue weighted by atomic mass is 9.67. The number of benzene rings is 1. The number of hydrogen-bond donors (Lipinski definition) is 1. The van der Waals surface area contributed by atoms with Gasteiger partial charge in [-0.3, -0.25) is 0 Å². The highest BCUT2D eigenvalue weighted by atomic mass is 14.8. The van der Waals surface area contributed by atoms with Gasteiger partial charge in [-0.05, 0) is 66.8 Å². The van der Waals surface area contributed by atoms with Crippen LogP contribution in [-0.4, -0.2) is 13.6 Å². The molecule has 0 heterocycles. The molecule has 106 valence electrons. The van der Waals surface area contributed by atoms with Crippen molar-refractivity contribution in [1.82, 2.24) is 5.32 Å². The zero-order chi connectivity index (χ0) is 14.0. The first-order valence-electron chi connectivity index (χ1n) is 7.74. The summed E-state index contributed by atoms with van der Waals surface area (Å²) in [5, 5.41) is 3.30. The first-order chi connectivity index (χ1) is 8.95. The molecule has 0 saturated heterocycles. The summed E-state index contributed by atoms with van der Waals surface area (Å²) in [6.07, 6.45) is 3.92. The minimum atomic E-state index is 0.348. The van der Waals surface area contributed by atoms with Gasteiger partial charge in [-0.1, -0.05) is 45.9 Å². The lowest BCUT2D eigenvalue weighted by molar-refractivity contribution is 0.380. The molecule has 0 saturated carbocycles. The van der Waals surface area contributed by atoms with Crippen LogP contribution in [0.15, 0.2) is 18.2 Å². The van der Waals surface area contributed by atoms with Crippen LogP contribution in [0.4, 0.5) is 0 Å². The molecule has 1 aromatic rings. The van der Waals surface area contributed by atoms with E-state index in [0.717, 1.165) is 12.5 Å². The number of fused-ring (bicyclic) bond motifs is 1. The maximum Gasteiger partial charge on any atom is -0.00461 e. The molecule has 1 atom stereocenters. The predicted octanol–water partition coefficient (Wildman–Crippen LogP) is 4.57. The van der Waals surface area contributed by atoms with Gasteiger partial charge in [-0.2, -0.15) is 0 Å². The van der Waals surface area contributed by atoms with Crippen molar-refractivity contribution in [3.05, 3.63) is 34.9 Å². The second-order valence-electron chi connectivity index (χ2n) is 7.01. The van der Waals surface area contributed by atoms with Gasteiger partial charge in [0, 0.05) is 0 Å². The summed E-state index contributed by atoms with van der Waals surface area (Å²) >= 11 is 0. The Labute approximate surface area is 118 Å². The molecule has 0 aliphatic heterocycles. The highest BCUT2D eigenvalue weighted by Crippen LogP contribution is 2.44. The maximum absolute atomic E-state index is 3.30. The fraction of sp³-hybridized carbons (Fsp3) is 0.667. The smallest absolute Gasteiger partial charge is 0.00461 e. The van der Waals surface area contributed by atoms with E-state index in [9.17, 15) is 0 Å². The van der Waals surface area contributed by atoms with Crippen LogP contribution >= 0.6 is 0 Å². The molecular weight excluding hydrogens is 230 g/mol. The number of hydrogen-bond acceptors (Lipinski definition) is 1. The molecule has 1 nitrogen and oxygen atoms in total. The van der Waals surface area contributed by atoms with Crippen LogP contribution in [0.3, 0.4) is 0 Å². The van der Waals surface area contributed by atoms with E-state index in [1.807, 2.05) is 0 Å². The van der Waals surface area contributed by atoms with E-state index in [-0.39, 0.29) is 0 Å². The fourth-order valence-electron chi connectivity index (χ4n) is 3.34. The second kappa shape index (κ2) is 5.66. The summed E-state index contributed by atoms with van der Waals surface area (Å²) in [5.41, 5.74) is 5.05. The lowest BCUT2D eigenvalue weighted by Crippen LogP contribution is -2.27. The van der Waals surface area contributed by atoms with Crippen molar-refractivity contribution in [2.24, 2.45) is 0 Å². The summed E-state index contributed by atoms with van der Waals surface area (Å²) in [6.45, 7) is 10.5. The first kappa shape index (κ1) is 14.6. The summed E-state index contributed by atoms with van der Waals surface area (Å²) in [4.78, 5) is 0. The van der Waals surface area contributed by atoms with Gasteiger partial charge in [-0.25, -0.2) is 0 Å². The average molecular weight is 259 g/mol. The monoisotopic (exact) mass is 259 g/mol. The summed E-state index contributed by atoms with van der Waals surface area (Å²) in [6, 6.07) is 7.23. The lowest BCUT2D eigenvalue weighted by Gasteiger charge is -2.38. The Bertz CT molecular complexity index is 431. The van der Waals surface area contributed by atoms with Crippen LogP contribution < -0.4 is 5.32 Å². The van der Waals surface area contributed by atoms with E-state index in [1.165, 1.54) is 24.8 Å². The standard InChI is InChI=1S/C18H29N/c1-13(2)15-6-7-17-16(12-15)14(9-11-19-5)8-10-18(17,3)4/h6-7,12-14,19H,8-11H2,1-5H3. The third-order valence-corrected chi connectivity index (χ3v) is 4.77. The Morgan fingerprint density at radius 2 is 2.05 bits per heavy atom. The Kier molecular flexibility index (Phi) is 4.35. The second-order valence-corrected chi connectivity index (χ2v) is 7.01. The molecule has 1 aromatic carbocycles. The zero-order valence-electron chi connectivity index (χ0n) is 13.2. The normalized spacial score (nSPS) is 21.5. The van der Waals surface area contributed by atoms with Crippen molar-refractivity contribution < 1.29 is 0 Å². The molecule has 1 aliphatic carbocycles. The summed E-state index contributed by atoms with van der Waals surface area (Å²) in [7, 11) is 2.05. The third-order valence-electron chi connectivity index (χ3n) is 4.77. The van der Waals surface area contributed by atoms with Gasteiger partial charge in [0.05, 0.1) is 0 Å². The van der Waals surface area contributed by atoms with E-state index in [2.05, 4.69) is 58.3 Å². The van der Waals surface area contributed by atoms with E-state index < -0.39 is 0 Å². The fourth-order valence-corrected chi connectivity index (χ4v) is 3.34. The molecule has 1 heteroatoms. The van der Waals surface area contributed by atoms with Crippen molar-refractivity contribution in [1.29, 1.82) is 0 Å². The Balaban J connectivity index is 2.39. The van der Waals surface area contributed by atoms with Crippen LogP contribution in [0.25, 0.3) is 0 Å². The van der Waals surface area contributed by atoms with Crippen molar-refractivity contribution in [2.45, 2.75) is 64.2 Å². The molecular formula is C18H29N. The molecule has 0 bridgehead atoms. The average Bonchev–Trinajstić information content (AvgIpc) is 2.37. The van der Waals surface area contributed by atoms with Gasteiger partial charge in [0.15, 0.2) is 0 Å². The molecule has 0 spiro atoms. The Morgan fingerprint density at radius 1 is 1.32 bits per heavy atom. The van der Waals surface area contributed by atoms with Crippen molar-refractivity contribution >= 4 is 0 Å². The third kappa shape index (κ3) is 3.02. The van der Waals surface area contributed by atoms with Crippen LogP contribution in [0, 0.1) is 0 Å². The van der Waals surface area contributed by atoms with Gasteiger partial charge in [0.1, 0.15) is 0 Å². The van der Waals surface area contributed by atoms with Gasteiger partial charge in [0.2, 0.25) is 0 Å². The predicted molar refractivity (Wildman–Crippen MR) is 84.1 cm³/mol. The van der Waals surface area contributed by atoms with E-state index in [0.29, 0.717) is 11.3 Å². The molecule has 1 N–H and O–H groups in total. The summed E-state index contributed by atoms with van der Waals surface area (Å²) < 4.78 is 0. The van der Waals surface area contributed by atoms with Crippen LogP contribution in [0.2, 0.25) is 0 Å². The SMILES string of the molecule is CNCCC1CCC(C)(C)c2ccc(C(C)C)cc21. The number of rotatable bonds is 4. The van der Waals surface area contributed by atoms with Gasteiger partial charge in [0.25, 0.3) is 0 Å². The van der Waals surface area contributed by atoms with Crippen LogP contribution in [-0.2, 0) is 5.41 Å². The van der Waals surface area contributed by atoms with Crippen LogP contribution in [0.5, 0.6) is 0 Å². The Hall–Kier alpha value is -0.820. The molecule has 0 radical (unpaired) electrons. The first-order valence-corrected chi connectivity index (χ1v) is 7.74. The van der Waals surface area contributed by atoms with Gasteiger partial charge >= 0.3 is 0 Å². The molecule has 2 rings (SSSR count). The molecule has 0 fully saturated rings. The number of nitrogens with one attached hydrogen (secondary N) is 1. The highest BCUT2D eigenvalue weighted by molar-refractivity contribution is 5.42. The van der Waals surface area contributed by atoms with E-state index >= 15 is 0 Å². The molecule has 19 heavy (non-hydrogen) atoms. The molecule has 0 aromatic heterocycles. The highest BCUT2D eigenvalue weighted by Gasteiger charge is 2.32. The molecule has 1 unspecified atom stereocenters. The molecule has 0 amide bonds. The van der Waals surface area contributed by atoms with Gasteiger partial charge < -0.3 is 5.32 Å². The quantitative estimate of drug-likeness (QED) is 0.835. The summed E-state index contributed by atoms with van der Waals surface area (Å²) in [5.74, 6) is 1.37. The minimum Gasteiger partial charge on any atom is -0.320 e. The van der Waals surface area contributed by atoms with E-state index in [4.69, 9.17) is 0 Å².